The van der Waals surface area contributed by atoms with E-state index in [4.69, 9.17) is 0 Å². The second-order valence-corrected chi connectivity index (χ2v) is 13.8. The van der Waals surface area contributed by atoms with E-state index in [0.717, 1.165) is 38.7 Å². The first-order valence-electron chi connectivity index (χ1n) is 16.4. The summed E-state index contributed by atoms with van der Waals surface area (Å²) in [6.07, 6.45) is 6.81. The molecule has 49 heavy (non-hydrogen) atoms. The number of hydrogen-bond donors (Lipinski definition) is 0. The van der Waals surface area contributed by atoms with E-state index in [-0.39, 0.29) is 11.2 Å². The second-order valence-electron chi connectivity index (χ2n) is 12.7. The number of fused-ring (bicyclic) bond motifs is 10. The molecular formula is C44H26N4S. The van der Waals surface area contributed by atoms with Gasteiger partial charge in [-0.25, -0.2) is 0 Å². The van der Waals surface area contributed by atoms with Crippen LogP contribution in [0.5, 0.6) is 0 Å². The van der Waals surface area contributed by atoms with Gasteiger partial charge in [0.1, 0.15) is 0 Å². The molecule has 0 fully saturated rings. The fourth-order valence-corrected chi connectivity index (χ4v) is 9.67. The van der Waals surface area contributed by atoms with Crippen molar-refractivity contribution >= 4 is 60.9 Å². The molecule has 0 saturated carbocycles. The molecule has 1 aliphatic carbocycles. The normalized spacial score (nSPS) is 16.5. The Morgan fingerprint density at radius 1 is 0.592 bits per heavy atom. The molecule has 0 spiro atoms. The lowest BCUT2D eigenvalue weighted by atomic mass is 9.84. The SMILES string of the molecule is N#Cc1ccc(C2=CC=CC3c4ccc5c6ccccc6n(-c6ccccc6)c5c4SC23)c(-n2c3ccccc3c3cc(C#N)ccc32)c1. The molecule has 2 atom stereocenters. The third kappa shape index (κ3) is 3.97. The van der Waals surface area contributed by atoms with Crippen molar-refractivity contribution in [1.29, 1.82) is 10.5 Å². The Morgan fingerprint density at radius 2 is 1.27 bits per heavy atom. The predicted molar refractivity (Wildman–Crippen MR) is 200 cm³/mol. The molecule has 0 N–H and O–H groups in total. The lowest BCUT2D eigenvalue weighted by Gasteiger charge is -2.25. The summed E-state index contributed by atoms with van der Waals surface area (Å²) in [5.74, 6) is 0.200. The molecule has 3 heterocycles. The number of hydrogen-bond acceptors (Lipinski definition) is 3. The molecule has 0 amide bonds. The lowest BCUT2D eigenvalue weighted by molar-refractivity contribution is 0.893. The number of para-hydroxylation sites is 3. The van der Waals surface area contributed by atoms with Crippen molar-refractivity contribution in [3.63, 3.8) is 0 Å². The number of rotatable bonds is 3. The number of benzene rings is 6. The van der Waals surface area contributed by atoms with Crippen LogP contribution in [0, 0.1) is 22.7 Å². The number of nitriles is 2. The van der Waals surface area contributed by atoms with Crippen LogP contribution in [0.3, 0.4) is 0 Å². The largest absolute Gasteiger partial charge is 0.309 e. The van der Waals surface area contributed by atoms with Gasteiger partial charge in [0.05, 0.1) is 51.0 Å². The third-order valence-corrected chi connectivity index (χ3v) is 11.6. The second kappa shape index (κ2) is 10.6. The van der Waals surface area contributed by atoms with Gasteiger partial charge >= 0.3 is 0 Å². The van der Waals surface area contributed by atoms with Gasteiger partial charge in [0.25, 0.3) is 0 Å². The van der Waals surface area contributed by atoms with E-state index in [2.05, 4.69) is 130 Å². The maximum atomic E-state index is 10.1. The number of thioether (sulfide) groups is 1. The van der Waals surface area contributed by atoms with Crippen LogP contribution in [0.15, 0.2) is 151 Å². The Balaban J connectivity index is 1.19. The minimum absolute atomic E-state index is 0.151. The van der Waals surface area contributed by atoms with E-state index in [1.54, 1.807) is 0 Å². The average Bonchev–Trinajstić information content (AvgIpc) is 3.82. The van der Waals surface area contributed by atoms with E-state index in [1.165, 1.54) is 37.8 Å². The van der Waals surface area contributed by atoms with Crippen LogP contribution in [-0.2, 0) is 0 Å². The van der Waals surface area contributed by atoms with E-state index in [0.29, 0.717) is 11.1 Å². The zero-order valence-electron chi connectivity index (χ0n) is 26.2. The smallest absolute Gasteiger partial charge is 0.0992 e. The Labute approximate surface area is 287 Å². The molecule has 5 heteroatoms. The summed E-state index contributed by atoms with van der Waals surface area (Å²) in [6, 6.07) is 49.0. The molecule has 10 rings (SSSR count). The van der Waals surface area contributed by atoms with E-state index < -0.39 is 0 Å². The zero-order chi connectivity index (χ0) is 32.6. The molecule has 8 aromatic rings. The van der Waals surface area contributed by atoms with Gasteiger partial charge < -0.3 is 9.13 Å². The highest BCUT2D eigenvalue weighted by molar-refractivity contribution is 8.01. The first kappa shape index (κ1) is 27.8. The van der Waals surface area contributed by atoms with Gasteiger partial charge in [0.15, 0.2) is 0 Å². The first-order valence-corrected chi connectivity index (χ1v) is 17.3. The summed E-state index contributed by atoms with van der Waals surface area (Å²) in [4.78, 5) is 1.32. The minimum Gasteiger partial charge on any atom is -0.309 e. The van der Waals surface area contributed by atoms with Crippen molar-refractivity contribution < 1.29 is 0 Å². The van der Waals surface area contributed by atoms with Gasteiger partial charge in [-0.2, -0.15) is 10.5 Å². The van der Waals surface area contributed by atoms with E-state index in [1.807, 2.05) is 48.2 Å². The summed E-state index contributed by atoms with van der Waals surface area (Å²) in [5.41, 5.74) is 11.6. The number of nitrogens with zero attached hydrogens (tertiary/aromatic N) is 4. The molecule has 0 bridgehead atoms. The van der Waals surface area contributed by atoms with Gasteiger partial charge in [-0.15, -0.1) is 11.8 Å². The topological polar surface area (TPSA) is 57.4 Å². The molecule has 0 radical (unpaired) electrons. The van der Waals surface area contributed by atoms with Crippen molar-refractivity contribution in [2.24, 2.45) is 0 Å². The highest BCUT2D eigenvalue weighted by Gasteiger charge is 2.39. The van der Waals surface area contributed by atoms with Crippen LogP contribution in [0.25, 0.3) is 60.6 Å². The van der Waals surface area contributed by atoms with Gasteiger partial charge in [-0.05, 0) is 65.7 Å². The molecule has 2 aromatic heterocycles. The fourth-order valence-electron chi connectivity index (χ4n) is 8.05. The summed E-state index contributed by atoms with van der Waals surface area (Å²) < 4.78 is 4.70. The maximum Gasteiger partial charge on any atom is 0.0992 e. The van der Waals surface area contributed by atoms with Crippen LogP contribution in [-0.4, -0.2) is 14.4 Å². The first-order chi connectivity index (χ1) is 24.2. The standard InChI is InChI=1S/C44H26N4S/c45-25-27-18-22-40-37(23-27)31-12-5-7-16-39(31)48(40)41-24-28(26-46)17-19-32(41)34-13-8-14-35-36-21-20-33-30-11-4-6-15-38(30)47(29-9-2-1-3-10-29)42(33)44(36)49-43(34)35/h1-24,35,43H. The van der Waals surface area contributed by atoms with E-state index in [9.17, 15) is 10.5 Å². The molecule has 6 aromatic carbocycles. The number of allylic oxidation sites excluding steroid dienone is 3. The number of aromatic nitrogens is 2. The lowest BCUT2D eigenvalue weighted by Crippen LogP contribution is -2.15. The van der Waals surface area contributed by atoms with Crippen LogP contribution in [0.2, 0.25) is 0 Å². The molecule has 2 aliphatic rings. The van der Waals surface area contributed by atoms with Crippen molar-refractivity contribution in [2.75, 3.05) is 0 Å². The van der Waals surface area contributed by atoms with Gasteiger partial charge in [0, 0.05) is 48.9 Å². The molecule has 1 aliphatic heterocycles. The van der Waals surface area contributed by atoms with E-state index >= 15 is 0 Å². The molecule has 4 nitrogen and oxygen atoms in total. The Kier molecular flexibility index (Phi) is 6.03. The Hall–Kier alpha value is -6.27. The molecule has 2 unspecified atom stereocenters. The average molecular weight is 643 g/mol. The van der Waals surface area contributed by atoms with Crippen LogP contribution >= 0.6 is 11.8 Å². The molecule has 0 saturated heterocycles. The fraction of sp³-hybridized carbons (Fsp3) is 0.0455. The van der Waals surface area contributed by atoms with Crippen LogP contribution in [0.1, 0.15) is 28.2 Å². The summed E-state index contributed by atoms with van der Waals surface area (Å²) in [7, 11) is 0. The summed E-state index contributed by atoms with van der Waals surface area (Å²) >= 11 is 1.95. The Bertz CT molecular complexity index is 2840. The summed E-state index contributed by atoms with van der Waals surface area (Å²) in [6.45, 7) is 0. The quantitative estimate of drug-likeness (QED) is 0.193. The van der Waals surface area contributed by atoms with Gasteiger partial charge in [0.2, 0.25) is 0 Å². The van der Waals surface area contributed by atoms with Crippen LogP contribution < -0.4 is 0 Å². The van der Waals surface area contributed by atoms with Crippen molar-refractivity contribution in [3.8, 4) is 23.5 Å². The monoisotopic (exact) mass is 642 g/mol. The van der Waals surface area contributed by atoms with Gasteiger partial charge in [-0.1, -0.05) is 91.0 Å². The zero-order valence-corrected chi connectivity index (χ0v) is 27.0. The highest BCUT2D eigenvalue weighted by Crippen LogP contribution is 2.56. The minimum atomic E-state index is 0.151. The summed E-state index contributed by atoms with van der Waals surface area (Å²) in [5, 5.41) is 24.6. The molecular weight excluding hydrogens is 617 g/mol. The Morgan fingerprint density at radius 3 is 2.06 bits per heavy atom. The third-order valence-electron chi connectivity index (χ3n) is 10.1. The highest BCUT2D eigenvalue weighted by atomic mass is 32.2. The van der Waals surface area contributed by atoms with Crippen molar-refractivity contribution in [2.45, 2.75) is 16.1 Å². The maximum absolute atomic E-state index is 10.1. The predicted octanol–water partition coefficient (Wildman–Crippen LogP) is 10.8. The van der Waals surface area contributed by atoms with Crippen molar-refractivity contribution in [3.05, 3.63) is 168 Å². The van der Waals surface area contributed by atoms with Gasteiger partial charge in [-0.3, -0.25) is 0 Å². The molecule has 228 valence electrons. The van der Waals surface area contributed by atoms with Crippen LogP contribution in [0.4, 0.5) is 0 Å². The van der Waals surface area contributed by atoms with Crippen molar-refractivity contribution in [1.82, 2.24) is 9.13 Å².